The molecule has 1 N–H and O–H groups in total. The molecule has 0 atom stereocenters. The third-order valence-electron chi connectivity index (χ3n) is 2.39. The summed E-state index contributed by atoms with van der Waals surface area (Å²) in [6.45, 7) is 1.29. The minimum Gasteiger partial charge on any atom is -0.383 e. The lowest BCUT2D eigenvalue weighted by molar-refractivity contribution is 0.187. The van der Waals surface area contributed by atoms with Crippen molar-refractivity contribution in [1.82, 2.24) is 14.8 Å². The standard InChI is InChI=1S/C11H12BrN3OS/c1-16-7-6-15-10(13-14-11(15)17)8-4-2-3-5-9(8)12/h2-5H,6-7H2,1H3,(H,14,17). The number of halogens is 1. The molecule has 6 heteroatoms. The van der Waals surface area contributed by atoms with Crippen LogP contribution in [0.15, 0.2) is 28.7 Å². The Labute approximate surface area is 113 Å². The number of nitrogens with zero attached hydrogens (tertiary/aromatic N) is 2. The Bertz CT molecular complexity index is 564. The van der Waals surface area contributed by atoms with Crippen LogP contribution >= 0.6 is 28.1 Å². The first-order valence-corrected chi connectivity index (χ1v) is 6.33. The van der Waals surface area contributed by atoms with Gasteiger partial charge in [-0.25, -0.2) is 0 Å². The van der Waals surface area contributed by atoms with Crippen molar-refractivity contribution >= 4 is 28.1 Å². The van der Waals surface area contributed by atoms with Crippen molar-refractivity contribution in [3.05, 3.63) is 33.5 Å². The number of nitrogens with one attached hydrogen (secondary N) is 1. The molecule has 2 rings (SSSR count). The van der Waals surface area contributed by atoms with Gasteiger partial charge in [-0.15, -0.1) is 0 Å². The number of benzene rings is 1. The molecule has 1 heterocycles. The Morgan fingerprint density at radius 1 is 1.47 bits per heavy atom. The third kappa shape index (κ3) is 2.65. The lowest BCUT2D eigenvalue weighted by Crippen LogP contribution is -2.06. The first-order valence-electron chi connectivity index (χ1n) is 5.13. The zero-order valence-corrected chi connectivity index (χ0v) is 11.7. The number of hydrogen-bond donors (Lipinski definition) is 1. The topological polar surface area (TPSA) is 42.8 Å². The maximum atomic E-state index is 5.20. The highest BCUT2D eigenvalue weighted by Crippen LogP contribution is 2.26. The van der Waals surface area contributed by atoms with E-state index in [1.165, 1.54) is 0 Å². The quantitative estimate of drug-likeness (QED) is 0.882. The second kappa shape index (κ2) is 5.57. The normalized spacial score (nSPS) is 10.7. The van der Waals surface area contributed by atoms with E-state index in [9.17, 15) is 0 Å². The first-order chi connectivity index (χ1) is 8.24. The van der Waals surface area contributed by atoms with Crippen LogP contribution in [0.25, 0.3) is 11.4 Å². The van der Waals surface area contributed by atoms with Crippen molar-refractivity contribution in [2.24, 2.45) is 0 Å². The van der Waals surface area contributed by atoms with Gasteiger partial charge in [0.15, 0.2) is 10.6 Å². The van der Waals surface area contributed by atoms with Gasteiger partial charge in [0, 0.05) is 17.1 Å². The summed E-state index contributed by atoms with van der Waals surface area (Å²) in [7, 11) is 1.67. The van der Waals surface area contributed by atoms with Gasteiger partial charge in [0.1, 0.15) is 0 Å². The Morgan fingerprint density at radius 3 is 2.94 bits per heavy atom. The van der Waals surface area contributed by atoms with Gasteiger partial charge in [-0.3, -0.25) is 9.67 Å². The zero-order valence-electron chi connectivity index (χ0n) is 9.31. The highest BCUT2D eigenvalue weighted by atomic mass is 79.9. The molecule has 0 saturated carbocycles. The molecule has 0 aliphatic heterocycles. The largest absolute Gasteiger partial charge is 0.383 e. The molecular weight excluding hydrogens is 302 g/mol. The molecule has 0 bridgehead atoms. The van der Waals surface area contributed by atoms with Crippen LogP contribution in [0.1, 0.15) is 0 Å². The van der Waals surface area contributed by atoms with E-state index in [0.29, 0.717) is 17.9 Å². The van der Waals surface area contributed by atoms with Crippen molar-refractivity contribution in [1.29, 1.82) is 0 Å². The molecule has 2 aromatic rings. The molecule has 90 valence electrons. The second-order valence-corrected chi connectivity index (χ2v) is 4.72. The maximum absolute atomic E-state index is 5.20. The number of aromatic amines is 1. The predicted octanol–water partition coefficient (Wildman–Crippen LogP) is 3.02. The summed E-state index contributed by atoms with van der Waals surface area (Å²) < 4.78 is 8.60. The minimum atomic E-state index is 0.602. The molecule has 0 amide bonds. The monoisotopic (exact) mass is 313 g/mol. The van der Waals surface area contributed by atoms with E-state index in [0.717, 1.165) is 15.9 Å². The Hall–Kier alpha value is -0.980. The Kier molecular flexibility index (Phi) is 4.09. The number of rotatable bonds is 4. The maximum Gasteiger partial charge on any atom is 0.195 e. The van der Waals surface area contributed by atoms with Crippen LogP contribution in [-0.4, -0.2) is 28.5 Å². The number of methoxy groups -OCH3 is 1. The molecule has 0 spiro atoms. The van der Waals surface area contributed by atoms with Crippen molar-refractivity contribution in [2.75, 3.05) is 13.7 Å². The van der Waals surface area contributed by atoms with Crippen LogP contribution in [0.4, 0.5) is 0 Å². The van der Waals surface area contributed by atoms with Crippen LogP contribution in [-0.2, 0) is 11.3 Å². The van der Waals surface area contributed by atoms with Gasteiger partial charge in [0.25, 0.3) is 0 Å². The zero-order chi connectivity index (χ0) is 12.3. The van der Waals surface area contributed by atoms with Gasteiger partial charge < -0.3 is 4.74 Å². The first kappa shape index (κ1) is 12.5. The fourth-order valence-corrected chi connectivity index (χ4v) is 2.24. The summed E-state index contributed by atoms with van der Waals surface area (Å²) in [5.74, 6) is 0.819. The van der Waals surface area contributed by atoms with Gasteiger partial charge in [0.05, 0.1) is 13.2 Å². The van der Waals surface area contributed by atoms with Gasteiger partial charge in [-0.05, 0) is 18.3 Å². The van der Waals surface area contributed by atoms with Gasteiger partial charge >= 0.3 is 0 Å². The second-order valence-electron chi connectivity index (χ2n) is 3.48. The third-order valence-corrected chi connectivity index (χ3v) is 3.40. The minimum absolute atomic E-state index is 0.602. The van der Waals surface area contributed by atoms with E-state index in [4.69, 9.17) is 17.0 Å². The summed E-state index contributed by atoms with van der Waals surface area (Å²) in [5.41, 5.74) is 1.01. The summed E-state index contributed by atoms with van der Waals surface area (Å²) in [6, 6.07) is 7.92. The van der Waals surface area contributed by atoms with E-state index in [1.54, 1.807) is 7.11 Å². The molecule has 0 aliphatic rings. The fraction of sp³-hybridized carbons (Fsp3) is 0.273. The van der Waals surface area contributed by atoms with Crippen LogP contribution in [0.3, 0.4) is 0 Å². The molecule has 1 aromatic heterocycles. The Morgan fingerprint density at radius 2 is 2.24 bits per heavy atom. The molecular formula is C11H12BrN3OS. The summed E-state index contributed by atoms with van der Waals surface area (Å²) in [6.07, 6.45) is 0. The molecule has 0 radical (unpaired) electrons. The highest BCUT2D eigenvalue weighted by Gasteiger charge is 2.10. The van der Waals surface area contributed by atoms with Crippen molar-refractivity contribution < 1.29 is 4.74 Å². The van der Waals surface area contributed by atoms with Gasteiger partial charge in [-0.2, -0.15) is 5.10 Å². The molecule has 0 saturated heterocycles. The smallest absolute Gasteiger partial charge is 0.195 e. The molecule has 1 aromatic carbocycles. The van der Waals surface area contributed by atoms with Crippen LogP contribution in [0.5, 0.6) is 0 Å². The van der Waals surface area contributed by atoms with Gasteiger partial charge in [-0.1, -0.05) is 34.1 Å². The number of H-pyrrole nitrogens is 1. The lowest BCUT2D eigenvalue weighted by Gasteiger charge is -2.07. The molecule has 0 fully saturated rings. The molecule has 4 nitrogen and oxygen atoms in total. The summed E-state index contributed by atoms with van der Waals surface area (Å²) in [4.78, 5) is 0. The molecule has 17 heavy (non-hydrogen) atoms. The number of ether oxygens (including phenoxy) is 1. The van der Waals surface area contributed by atoms with E-state index in [1.807, 2.05) is 28.8 Å². The van der Waals surface area contributed by atoms with Crippen LogP contribution in [0, 0.1) is 4.77 Å². The fourth-order valence-electron chi connectivity index (χ4n) is 1.56. The average Bonchev–Trinajstić information content (AvgIpc) is 2.69. The SMILES string of the molecule is COCCn1c(-c2ccccc2Br)n[nH]c1=S. The average molecular weight is 314 g/mol. The van der Waals surface area contributed by atoms with Gasteiger partial charge in [0.2, 0.25) is 0 Å². The van der Waals surface area contributed by atoms with E-state index in [2.05, 4.69) is 26.1 Å². The van der Waals surface area contributed by atoms with Crippen molar-refractivity contribution in [3.63, 3.8) is 0 Å². The van der Waals surface area contributed by atoms with E-state index >= 15 is 0 Å². The summed E-state index contributed by atoms with van der Waals surface area (Å²) in [5, 5.41) is 7.07. The number of aromatic nitrogens is 3. The Balaban J connectivity index is 2.46. The van der Waals surface area contributed by atoms with E-state index in [-0.39, 0.29) is 0 Å². The molecule has 0 aliphatic carbocycles. The lowest BCUT2D eigenvalue weighted by atomic mass is 10.2. The van der Waals surface area contributed by atoms with E-state index < -0.39 is 0 Å². The van der Waals surface area contributed by atoms with Crippen LogP contribution < -0.4 is 0 Å². The predicted molar refractivity (Wildman–Crippen MR) is 72.4 cm³/mol. The summed E-state index contributed by atoms with van der Waals surface area (Å²) >= 11 is 8.72. The highest BCUT2D eigenvalue weighted by molar-refractivity contribution is 9.10. The van der Waals surface area contributed by atoms with Crippen molar-refractivity contribution in [3.8, 4) is 11.4 Å². The van der Waals surface area contributed by atoms with Crippen molar-refractivity contribution in [2.45, 2.75) is 6.54 Å². The van der Waals surface area contributed by atoms with Crippen LogP contribution in [0.2, 0.25) is 0 Å². The number of hydrogen-bond acceptors (Lipinski definition) is 3. The molecule has 0 unspecified atom stereocenters.